The molecule has 2 saturated heterocycles. The van der Waals surface area contributed by atoms with Crippen LogP contribution in [0.1, 0.15) is 26.7 Å². The zero-order chi connectivity index (χ0) is 20.3. The molecule has 9 nitrogen and oxygen atoms in total. The van der Waals surface area contributed by atoms with Gasteiger partial charge in [-0.3, -0.25) is 14.5 Å². The van der Waals surface area contributed by atoms with E-state index in [1.54, 1.807) is 6.92 Å². The van der Waals surface area contributed by atoms with Gasteiger partial charge < -0.3 is 26.0 Å². The first-order valence-electron chi connectivity index (χ1n) is 9.56. The number of fused-ring (bicyclic) bond motifs is 1. The fourth-order valence-electron chi connectivity index (χ4n) is 4.92. The molecule has 8 atom stereocenters. The molecule has 0 radical (unpaired) electrons. The normalized spacial score (nSPS) is 40.2. The number of rotatable bonds is 6. The van der Waals surface area contributed by atoms with Crippen molar-refractivity contribution in [2.75, 3.05) is 6.54 Å². The number of thioether (sulfide) groups is 1. The van der Waals surface area contributed by atoms with Gasteiger partial charge in [-0.05, 0) is 25.7 Å². The number of β-lactam (4-membered cyclic amide) rings is 1. The second-order valence-corrected chi connectivity index (χ2v) is 9.53. The average Bonchev–Trinajstić information content (AvgIpc) is 3.21. The molecular weight excluding hydrogens is 386 g/mol. The number of nitrogens with two attached hydrogens (primary N) is 1. The van der Waals surface area contributed by atoms with Crippen molar-refractivity contribution in [3.05, 3.63) is 10.8 Å². The Morgan fingerprint density at radius 2 is 2.11 bits per heavy atom. The Labute approximate surface area is 166 Å². The quantitative estimate of drug-likeness (QED) is 0.361. The van der Waals surface area contributed by atoms with Crippen molar-refractivity contribution in [2.45, 2.75) is 50.1 Å². The van der Waals surface area contributed by atoms with Crippen molar-refractivity contribution in [3.8, 4) is 0 Å². The molecule has 0 aromatic heterocycles. The minimum atomic E-state index is -1.46. The number of carboxylic acid groups (broad SMARTS) is 1. The van der Waals surface area contributed by atoms with Crippen molar-refractivity contribution in [1.82, 2.24) is 10.2 Å². The number of primary amides is 1. The molecule has 5 N–H and O–H groups in total. The van der Waals surface area contributed by atoms with Crippen LogP contribution in [-0.4, -0.2) is 63.1 Å². The second-order valence-electron chi connectivity index (χ2n) is 8.19. The highest BCUT2D eigenvalue weighted by Crippen LogP contribution is 2.53. The van der Waals surface area contributed by atoms with E-state index >= 15 is 0 Å². The Balaban J connectivity index is 1.48. The second kappa shape index (κ2) is 6.93. The number of hydrogen-bond acceptors (Lipinski definition) is 7. The number of carbonyl (C=O) groups excluding carboxylic acids is 2. The van der Waals surface area contributed by atoms with Crippen molar-refractivity contribution >= 4 is 29.7 Å². The van der Waals surface area contributed by atoms with Crippen LogP contribution in [0.4, 0.5) is 4.79 Å². The summed E-state index contributed by atoms with van der Waals surface area (Å²) in [5.41, 5.74) is 5.38. The first-order valence-corrected chi connectivity index (χ1v) is 10.4. The summed E-state index contributed by atoms with van der Waals surface area (Å²) in [6.45, 7) is 4.24. The third kappa shape index (κ3) is 3.07. The molecule has 3 fully saturated rings. The number of nitrogens with one attached hydrogen (secondary N) is 1. The predicted octanol–water partition coefficient (Wildman–Crippen LogP) is 0.293. The minimum absolute atomic E-state index is 0.0526. The van der Waals surface area contributed by atoms with Crippen molar-refractivity contribution < 1.29 is 29.3 Å². The molecule has 1 aliphatic carbocycles. The van der Waals surface area contributed by atoms with Gasteiger partial charge in [0.1, 0.15) is 0 Å². The number of nitrogens with zero attached hydrogens (tertiary/aromatic N) is 1. The van der Waals surface area contributed by atoms with Gasteiger partial charge in [0.15, 0.2) is 0 Å². The van der Waals surface area contributed by atoms with Crippen molar-refractivity contribution in [3.63, 3.8) is 0 Å². The fraction of sp³-hybridized carbons (Fsp3) is 0.722. The lowest BCUT2D eigenvalue weighted by Gasteiger charge is -2.45. The average molecular weight is 411 g/mol. The maximum atomic E-state index is 12.4. The van der Waals surface area contributed by atoms with E-state index in [9.17, 15) is 19.5 Å². The number of aliphatic hydroxyl groups excluding tert-OH is 1. The fourth-order valence-corrected chi connectivity index (χ4v) is 6.35. The third-order valence-electron chi connectivity index (χ3n) is 6.39. The van der Waals surface area contributed by atoms with Crippen LogP contribution in [-0.2, 0) is 14.3 Å². The zero-order valence-electron chi connectivity index (χ0n) is 15.7. The minimum Gasteiger partial charge on any atom is -0.449 e. The molecule has 4 rings (SSSR count). The molecular formula is C18H25N3O6S. The molecule has 10 heteroatoms. The molecule has 2 amide bonds. The molecule has 4 aliphatic rings. The number of hydrogen-bond donors (Lipinski definition) is 4. The van der Waals surface area contributed by atoms with Gasteiger partial charge in [0.25, 0.3) is 0 Å². The van der Waals surface area contributed by atoms with E-state index in [0.717, 1.165) is 24.3 Å². The van der Waals surface area contributed by atoms with Crippen LogP contribution < -0.4 is 11.1 Å². The Kier molecular flexibility index (Phi) is 4.83. The largest absolute Gasteiger partial charge is 0.512 e. The molecule has 1 saturated carbocycles. The van der Waals surface area contributed by atoms with E-state index in [4.69, 9.17) is 15.6 Å². The molecule has 28 heavy (non-hydrogen) atoms. The van der Waals surface area contributed by atoms with Gasteiger partial charge in [-0.25, -0.2) is 4.79 Å². The van der Waals surface area contributed by atoms with Crippen molar-refractivity contribution in [1.29, 1.82) is 0 Å². The van der Waals surface area contributed by atoms with Gasteiger partial charge in [-0.2, -0.15) is 0 Å². The van der Waals surface area contributed by atoms with E-state index in [0.29, 0.717) is 0 Å². The summed E-state index contributed by atoms with van der Waals surface area (Å²) >= 11 is 1.53. The summed E-state index contributed by atoms with van der Waals surface area (Å²) in [7, 11) is 0. The number of ether oxygens (including phenoxy) is 1. The Hall–Kier alpha value is -1.78. The van der Waals surface area contributed by atoms with Crippen LogP contribution in [0.25, 0.3) is 0 Å². The maximum absolute atomic E-state index is 12.4. The lowest BCUT2D eigenvalue weighted by molar-refractivity contribution is -0.163. The third-order valence-corrected chi connectivity index (χ3v) is 7.88. The van der Waals surface area contributed by atoms with Gasteiger partial charge in [0, 0.05) is 29.7 Å². The van der Waals surface area contributed by atoms with Gasteiger partial charge in [0.05, 0.1) is 23.0 Å². The van der Waals surface area contributed by atoms with Crippen LogP contribution in [0.2, 0.25) is 0 Å². The number of amides is 2. The Bertz CT molecular complexity index is 756. The molecule has 2 unspecified atom stereocenters. The van der Waals surface area contributed by atoms with E-state index in [1.165, 1.54) is 16.7 Å². The Morgan fingerprint density at radius 1 is 1.39 bits per heavy atom. The number of carbonyl (C=O) groups is 3. The smallest absolute Gasteiger partial charge is 0.449 e. The van der Waals surface area contributed by atoms with Crippen LogP contribution >= 0.6 is 11.8 Å². The topological polar surface area (TPSA) is 142 Å². The maximum Gasteiger partial charge on any atom is 0.512 e. The molecule has 3 heterocycles. The molecule has 0 aromatic rings. The lowest BCUT2D eigenvalue weighted by Crippen LogP contribution is -2.63. The van der Waals surface area contributed by atoms with E-state index < -0.39 is 18.2 Å². The first-order chi connectivity index (χ1) is 13.2. The molecule has 0 bridgehead atoms. The van der Waals surface area contributed by atoms with Gasteiger partial charge in [-0.1, -0.05) is 6.92 Å². The highest BCUT2D eigenvalue weighted by Gasteiger charge is 2.60. The Morgan fingerprint density at radius 3 is 2.68 bits per heavy atom. The van der Waals surface area contributed by atoms with Crippen LogP contribution in [0.5, 0.6) is 0 Å². The van der Waals surface area contributed by atoms with E-state index in [2.05, 4.69) is 5.32 Å². The number of aliphatic hydroxyl groups is 1. The SMILES string of the molecule is C[C@@H](O)[C@H]1C(=O)N2C(OC(=O)O)=C(S[C@@H]3CN[C@H](C4CC4C(N)=O)C3)[C@H](C)[C@H]12. The first kappa shape index (κ1) is 19.5. The van der Waals surface area contributed by atoms with Crippen LogP contribution in [0, 0.1) is 23.7 Å². The summed E-state index contributed by atoms with van der Waals surface area (Å²) in [5, 5.41) is 22.7. The molecule has 0 spiro atoms. The van der Waals surface area contributed by atoms with Crippen LogP contribution in [0.15, 0.2) is 10.8 Å². The summed E-state index contributed by atoms with van der Waals surface area (Å²) < 4.78 is 4.99. The van der Waals surface area contributed by atoms with Gasteiger partial charge >= 0.3 is 6.16 Å². The zero-order valence-corrected chi connectivity index (χ0v) is 16.5. The van der Waals surface area contributed by atoms with E-state index in [-0.39, 0.29) is 52.8 Å². The molecule has 154 valence electrons. The standard InChI is InChI=1S/C18H25N3O6S/c1-6-13-12(7(2)22)16(24)21(13)17(27-18(25)26)14(6)28-8-3-11(20-5-8)9-4-10(9)15(19)23/h6-13,20,22H,3-5H2,1-2H3,(H2,19,23)(H,25,26)/t6-,7-,8+,9?,10?,11+,12-,13-/m1/s1. The summed E-state index contributed by atoms with van der Waals surface area (Å²) in [6.07, 6.45) is -0.602. The summed E-state index contributed by atoms with van der Waals surface area (Å²) in [4.78, 5) is 37.1. The summed E-state index contributed by atoms with van der Waals surface area (Å²) in [6, 6.07) is -0.0581. The summed E-state index contributed by atoms with van der Waals surface area (Å²) in [5.74, 6) is -0.908. The highest BCUT2D eigenvalue weighted by molar-refractivity contribution is 8.03. The van der Waals surface area contributed by atoms with Crippen LogP contribution in [0.3, 0.4) is 0 Å². The molecule has 3 aliphatic heterocycles. The van der Waals surface area contributed by atoms with E-state index in [1.807, 2.05) is 6.92 Å². The van der Waals surface area contributed by atoms with Gasteiger partial charge in [0.2, 0.25) is 17.7 Å². The monoisotopic (exact) mass is 411 g/mol. The predicted molar refractivity (Wildman–Crippen MR) is 99.7 cm³/mol. The van der Waals surface area contributed by atoms with Crippen molar-refractivity contribution in [2.24, 2.45) is 29.4 Å². The highest BCUT2D eigenvalue weighted by atomic mass is 32.2. The molecule has 0 aromatic carbocycles. The van der Waals surface area contributed by atoms with Gasteiger partial charge in [-0.15, -0.1) is 11.8 Å². The lowest BCUT2D eigenvalue weighted by atomic mass is 9.79.